The maximum Gasteiger partial charge on any atom is 0.224 e. The second kappa shape index (κ2) is 9.89. The summed E-state index contributed by atoms with van der Waals surface area (Å²) < 4.78 is 5.49. The molecule has 1 amide bonds. The third-order valence-electron chi connectivity index (χ3n) is 5.04. The molecule has 3 aromatic rings. The van der Waals surface area contributed by atoms with Crippen LogP contribution in [0.5, 0.6) is 5.75 Å². The van der Waals surface area contributed by atoms with Gasteiger partial charge in [-0.1, -0.05) is 72.8 Å². The summed E-state index contributed by atoms with van der Waals surface area (Å²) in [6, 6.07) is 26.4. The van der Waals surface area contributed by atoms with E-state index in [-0.39, 0.29) is 11.9 Å². The van der Waals surface area contributed by atoms with E-state index in [1.54, 1.807) is 7.11 Å². The highest BCUT2D eigenvalue weighted by molar-refractivity contribution is 5.79. The highest BCUT2D eigenvalue weighted by atomic mass is 16.5. The van der Waals surface area contributed by atoms with E-state index < -0.39 is 0 Å². The zero-order valence-corrected chi connectivity index (χ0v) is 17.3. The quantitative estimate of drug-likeness (QED) is 0.625. The smallest absolute Gasteiger partial charge is 0.224 e. The number of methoxy groups -OCH3 is 1. The van der Waals surface area contributed by atoms with Crippen LogP contribution in [0.2, 0.25) is 0 Å². The van der Waals surface area contributed by atoms with Crippen molar-refractivity contribution in [2.45, 2.75) is 12.5 Å². The molecule has 0 aliphatic carbocycles. The number of nitrogens with one attached hydrogen (secondary N) is 1. The number of hydrogen-bond acceptors (Lipinski definition) is 3. The lowest BCUT2D eigenvalue weighted by molar-refractivity contribution is -0.120. The normalized spacial score (nSPS) is 11.9. The van der Waals surface area contributed by atoms with E-state index >= 15 is 0 Å². The summed E-state index contributed by atoms with van der Waals surface area (Å²) >= 11 is 0. The molecule has 4 heteroatoms. The van der Waals surface area contributed by atoms with Crippen molar-refractivity contribution in [3.05, 3.63) is 90.0 Å². The number of ether oxygens (including phenoxy) is 1. The maximum atomic E-state index is 12.5. The Hall–Kier alpha value is -3.11. The molecule has 0 spiro atoms. The van der Waals surface area contributed by atoms with Crippen LogP contribution < -0.4 is 10.1 Å². The van der Waals surface area contributed by atoms with E-state index in [1.165, 1.54) is 5.56 Å². The second-order valence-electron chi connectivity index (χ2n) is 7.27. The van der Waals surface area contributed by atoms with Crippen molar-refractivity contribution in [1.29, 1.82) is 0 Å². The molecule has 0 saturated carbocycles. The maximum absolute atomic E-state index is 12.5. The average Bonchev–Trinajstić information content (AvgIpc) is 2.75. The van der Waals surface area contributed by atoms with Gasteiger partial charge in [-0.25, -0.2) is 0 Å². The predicted octanol–water partition coefficient (Wildman–Crippen LogP) is 4.32. The number of benzene rings is 3. The first-order chi connectivity index (χ1) is 14.1. The fourth-order valence-corrected chi connectivity index (χ4v) is 3.42. The number of rotatable bonds is 8. The molecule has 29 heavy (non-hydrogen) atoms. The molecule has 0 aliphatic heterocycles. The van der Waals surface area contributed by atoms with Gasteiger partial charge in [0.15, 0.2) is 0 Å². The lowest BCUT2D eigenvalue weighted by Gasteiger charge is -2.26. The Balaban J connectivity index is 1.61. The van der Waals surface area contributed by atoms with Crippen LogP contribution in [0.3, 0.4) is 0 Å². The minimum atomic E-state index is 0.0132. The van der Waals surface area contributed by atoms with Gasteiger partial charge >= 0.3 is 0 Å². The molecule has 1 unspecified atom stereocenters. The minimum Gasteiger partial charge on any atom is -0.496 e. The first-order valence-corrected chi connectivity index (χ1v) is 9.79. The van der Waals surface area contributed by atoms with E-state index in [0.717, 1.165) is 22.4 Å². The molecular weight excluding hydrogens is 360 g/mol. The number of amides is 1. The number of carbonyl (C=O) groups is 1. The molecule has 0 bridgehead atoms. The zero-order valence-electron chi connectivity index (χ0n) is 17.3. The van der Waals surface area contributed by atoms with Crippen molar-refractivity contribution in [3.63, 3.8) is 0 Å². The van der Waals surface area contributed by atoms with Gasteiger partial charge in [-0.15, -0.1) is 0 Å². The van der Waals surface area contributed by atoms with Gasteiger partial charge in [0.25, 0.3) is 0 Å². The Kier molecular flexibility index (Phi) is 7.04. The highest BCUT2D eigenvalue weighted by Gasteiger charge is 2.19. The fraction of sp³-hybridized carbons (Fsp3) is 0.240. The van der Waals surface area contributed by atoms with Crippen LogP contribution in [0.15, 0.2) is 78.9 Å². The van der Waals surface area contributed by atoms with Crippen LogP contribution in [0.25, 0.3) is 11.1 Å². The summed E-state index contributed by atoms with van der Waals surface area (Å²) in [6.07, 6.45) is 0.362. The number of hydrogen-bond donors (Lipinski definition) is 1. The summed E-state index contributed by atoms with van der Waals surface area (Å²) in [4.78, 5) is 14.6. The third-order valence-corrected chi connectivity index (χ3v) is 5.04. The predicted molar refractivity (Wildman–Crippen MR) is 118 cm³/mol. The van der Waals surface area contributed by atoms with Crippen LogP contribution in [0, 0.1) is 0 Å². The molecular formula is C25H28N2O2. The Labute approximate surface area is 173 Å². The highest BCUT2D eigenvalue weighted by Crippen LogP contribution is 2.27. The Morgan fingerprint density at radius 2 is 1.52 bits per heavy atom. The molecule has 0 saturated heterocycles. The van der Waals surface area contributed by atoms with Gasteiger partial charge in [0.05, 0.1) is 19.6 Å². The Bertz CT molecular complexity index is 921. The molecule has 0 heterocycles. The van der Waals surface area contributed by atoms with Crippen molar-refractivity contribution >= 4 is 5.91 Å². The van der Waals surface area contributed by atoms with Gasteiger partial charge in [-0.05, 0) is 36.9 Å². The fourth-order valence-electron chi connectivity index (χ4n) is 3.42. The monoisotopic (exact) mass is 388 g/mol. The van der Waals surface area contributed by atoms with Crippen LogP contribution in [-0.2, 0) is 11.2 Å². The van der Waals surface area contributed by atoms with Crippen molar-refractivity contribution in [2.24, 2.45) is 0 Å². The molecule has 3 rings (SSSR count). The summed E-state index contributed by atoms with van der Waals surface area (Å²) in [7, 11) is 5.68. The number of carbonyl (C=O) groups excluding carboxylic acids is 1. The average molecular weight is 389 g/mol. The number of para-hydroxylation sites is 1. The van der Waals surface area contributed by atoms with Gasteiger partial charge in [0, 0.05) is 12.1 Å². The minimum absolute atomic E-state index is 0.0132. The van der Waals surface area contributed by atoms with E-state index in [1.807, 2.05) is 68.7 Å². The first kappa shape index (κ1) is 20.6. The largest absolute Gasteiger partial charge is 0.496 e. The molecule has 1 atom stereocenters. The van der Waals surface area contributed by atoms with E-state index in [0.29, 0.717) is 13.0 Å². The number of nitrogens with zero attached hydrogens (tertiary/aromatic N) is 1. The van der Waals surface area contributed by atoms with E-state index in [4.69, 9.17) is 4.74 Å². The third kappa shape index (κ3) is 5.46. The van der Waals surface area contributed by atoms with Crippen molar-refractivity contribution < 1.29 is 9.53 Å². The van der Waals surface area contributed by atoms with E-state index in [2.05, 4.69) is 34.5 Å². The van der Waals surface area contributed by atoms with Crippen LogP contribution in [0.4, 0.5) is 0 Å². The van der Waals surface area contributed by atoms with Gasteiger partial charge in [-0.2, -0.15) is 0 Å². The molecule has 3 aromatic carbocycles. The molecule has 0 aliphatic rings. The topological polar surface area (TPSA) is 41.6 Å². The Morgan fingerprint density at radius 1 is 0.897 bits per heavy atom. The van der Waals surface area contributed by atoms with Crippen LogP contribution >= 0.6 is 0 Å². The summed E-state index contributed by atoms with van der Waals surface area (Å²) in [5, 5.41) is 3.07. The molecule has 0 aromatic heterocycles. The van der Waals surface area contributed by atoms with Gasteiger partial charge < -0.3 is 15.0 Å². The van der Waals surface area contributed by atoms with Gasteiger partial charge in [0.1, 0.15) is 5.75 Å². The molecule has 0 radical (unpaired) electrons. The summed E-state index contributed by atoms with van der Waals surface area (Å²) in [6.45, 7) is 0.522. The molecule has 150 valence electrons. The van der Waals surface area contributed by atoms with Crippen molar-refractivity contribution in [1.82, 2.24) is 10.2 Å². The second-order valence-corrected chi connectivity index (χ2v) is 7.27. The molecule has 4 nitrogen and oxygen atoms in total. The number of likely N-dealkylation sites (N-methyl/N-ethyl adjacent to an activating group) is 1. The molecule has 0 fully saturated rings. The van der Waals surface area contributed by atoms with E-state index in [9.17, 15) is 4.79 Å². The summed E-state index contributed by atoms with van der Waals surface area (Å²) in [5.41, 5.74) is 4.39. The van der Waals surface area contributed by atoms with Gasteiger partial charge in [-0.3, -0.25) is 4.79 Å². The lowest BCUT2D eigenvalue weighted by atomic mass is 10.0. The Morgan fingerprint density at radius 3 is 2.17 bits per heavy atom. The standard InChI is InChI=1S/C25H28N2O2/c1-27(2)23(22-11-7-8-12-24(22)29-3)18-26-25(28)17-19-13-15-21(16-14-19)20-9-5-4-6-10-20/h4-16,23H,17-18H2,1-3H3,(H,26,28). The van der Waals surface area contributed by atoms with Crippen LogP contribution in [-0.4, -0.2) is 38.6 Å². The van der Waals surface area contributed by atoms with Gasteiger partial charge in [0.2, 0.25) is 5.91 Å². The van der Waals surface area contributed by atoms with Crippen molar-refractivity contribution in [2.75, 3.05) is 27.7 Å². The lowest BCUT2D eigenvalue weighted by Crippen LogP contribution is -2.35. The molecule has 1 N–H and O–H groups in total. The SMILES string of the molecule is COc1ccccc1C(CNC(=O)Cc1ccc(-c2ccccc2)cc1)N(C)C. The zero-order chi connectivity index (χ0) is 20.6. The first-order valence-electron chi connectivity index (χ1n) is 9.79. The summed E-state index contributed by atoms with van der Waals surface area (Å²) in [5.74, 6) is 0.844. The van der Waals surface area contributed by atoms with Crippen LogP contribution in [0.1, 0.15) is 17.2 Å². The van der Waals surface area contributed by atoms with Crippen molar-refractivity contribution in [3.8, 4) is 16.9 Å².